The Kier molecular flexibility index (Phi) is 5.65. The van der Waals surface area contributed by atoms with E-state index in [0.717, 1.165) is 22.4 Å². The third-order valence-electron chi connectivity index (χ3n) is 5.92. The Morgan fingerprint density at radius 1 is 0.935 bits per heavy atom. The summed E-state index contributed by atoms with van der Waals surface area (Å²) in [5, 5.41) is 14.9. The minimum absolute atomic E-state index is 0.0387. The maximum atomic E-state index is 13.0. The summed E-state index contributed by atoms with van der Waals surface area (Å²) >= 11 is 0. The van der Waals surface area contributed by atoms with Crippen LogP contribution in [0.5, 0.6) is 0 Å². The highest BCUT2D eigenvalue weighted by Gasteiger charge is 2.48. The van der Waals surface area contributed by atoms with E-state index in [0.29, 0.717) is 5.69 Å². The summed E-state index contributed by atoms with van der Waals surface area (Å²) in [6, 6.07) is 13.4. The van der Waals surface area contributed by atoms with E-state index in [1.165, 1.54) is 0 Å². The van der Waals surface area contributed by atoms with Crippen molar-refractivity contribution in [3.63, 3.8) is 0 Å². The number of amides is 3. The molecule has 4 rings (SSSR count). The third kappa shape index (κ3) is 4.54. The first-order valence-corrected chi connectivity index (χ1v) is 10.4. The van der Waals surface area contributed by atoms with Crippen LogP contribution in [0.15, 0.2) is 42.5 Å². The highest BCUT2D eigenvalue weighted by molar-refractivity contribution is 6.00. The van der Waals surface area contributed by atoms with Gasteiger partial charge in [-0.1, -0.05) is 23.8 Å². The molecule has 4 unspecified atom stereocenters. The summed E-state index contributed by atoms with van der Waals surface area (Å²) < 4.78 is 0. The molecule has 0 saturated carbocycles. The molecule has 0 aromatic heterocycles. The summed E-state index contributed by atoms with van der Waals surface area (Å²) in [5.74, 6) is -2.37. The Labute approximate surface area is 181 Å². The molecule has 162 valence electrons. The van der Waals surface area contributed by atoms with Gasteiger partial charge in [-0.05, 0) is 56.2 Å². The number of fused-ring (bicyclic) bond motifs is 1. The predicted octanol–water partition coefficient (Wildman–Crippen LogP) is 1.74. The first-order chi connectivity index (χ1) is 14.8. The topological polar surface area (TPSA) is 111 Å². The number of piperidine rings is 1. The molecule has 2 heterocycles. The van der Waals surface area contributed by atoms with E-state index in [4.69, 9.17) is 0 Å². The second-order valence-corrected chi connectivity index (χ2v) is 8.29. The van der Waals surface area contributed by atoms with Crippen molar-refractivity contribution in [3.05, 3.63) is 59.2 Å². The lowest BCUT2D eigenvalue weighted by Crippen LogP contribution is -2.72. The Morgan fingerprint density at radius 3 is 2.35 bits per heavy atom. The zero-order chi connectivity index (χ0) is 22.1. The van der Waals surface area contributed by atoms with Gasteiger partial charge in [0.25, 0.3) is 0 Å². The number of hydrogen-bond donors (Lipinski definition) is 5. The molecule has 2 fully saturated rings. The first-order valence-electron chi connectivity index (χ1n) is 10.4. The molecule has 0 spiro atoms. The molecule has 31 heavy (non-hydrogen) atoms. The highest BCUT2D eigenvalue weighted by atomic mass is 16.2. The Hall–Kier alpha value is -3.39. The van der Waals surface area contributed by atoms with Gasteiger partial charge in [0.05, 0.1) is 18.0 Å². The molecule has 5 N–H and O–H groups in total. The number of nitrogens with one attached hydrogen (secondary N) is 5. The van der Waals surface area contributed by atoms with Crippen LogP contribution in [0, 0.1) is 32.6 Å². The average molecular weight is 422 g/mol. The Bertz CT molecular complexity index is 1020. The number of benzene rings is 2. The van der Waals surface area contributed by atoms with Crippen molar-refractivity contribution in [2.75, 3.05) is 10.6 Å². The van der Waals surface area contributed by atoms with E-state index < -0.39 is 24.3 Å². The minimum Gasteiger partial charge on any atom is -0.353 e. The SMILES string of the molecule is Cc1ccc(NC2NC(=O)C3C(NC(=O)CC3C(=O)Nc3ccc(C)c(C)c3)N2)cc1. The number of hydrogen-bond acceptors (Lipinski definition) is 5. The van der Waals surface area contributed by atoms with Crippen LogP contribution >= 0.6 is 0 Å². The minimum atomic E-state index is -0.770. The van der Waals surface area contributed by atoms with Crippen LogP contribution in [-0.2, 0) is 14.4 Å². The van der Waals surface area contributed by atoms with E-state index in [9.17, 15) is 14.4 Å². The van der Waals surface area contributed by atoms with Gasteiger partial charge >= 0.3 is 0 Å². The van der Waals surface area contributed by atoms with Crippen LogP contribution in [0.4, 0.5) is 11.4 Å². The molecule has 8 nitrogen and oxygen atoms in total. The van der Waals surface area contributed by atoms with Gasteiger partial charge in [-0.25, -0.2) is 0 Å². The molecule has 0 radical (unpaired) electrons. The van der Waals surface area contributed by atoms with E-state index in [1.807, 2.05) is 63.2 Å². The van der Waals surface area contributed by atoms with E-state index in [2.05, 4.69) is 26.6 Å². The van der Waals surface area contributed by atoms with Crippen molar-refractivity contribution in [2.45, 2.75) is 39.6 Å². The quantitative estimate of drug-likeness (QED) is 0.516. The monoisotopic (exact) mass is 421 g/mol. The number of carbonyl (C=O) groups excluding carboxylic acids is 3. The molecule has 0 aliphatic carbocycles. The van der Waals surface area contributed by atoms with Gasteiger partial charge in [0.2, 0.25) is 17.7 Å². The standard InChI is InChI=1S/C23H27N5O3/c1-12-4-7-15(8-5-12)25-23-27-20-19(22(31)28-23)17(11-18(29)26-20)21(30)24-16-9-6-13(2)14(3)10-16/h4-10,17,19-20,23,25,27H,11H2,1-3H3,(H,24,30)(H,26,29)(H,28,31). The first kappa shape index (κ1) is 20.9. The van der Waals surface area contributed by atoms with Crippen LogP contribution in [-0.4, -0.2) is 30.2 Å². The number of carbonyl (C=O) groups is 3. The molecular weight excluding hydrogens is 394 g/mol. The van der Waals surface area contributed by atoms with Gasteiger partial charge in [0, 0.05) is 17.8 Å². The largest absolute Gasteiger partial charge is 0.353 e. The zero-order valence-corrected chi connectivity index (χ0v) is 17.8. The highest BCUT2D eigenvalue weighted by Crippen LogP contribution is 2.28. The lowest BCUT2D eigenvalue weighted by atomic mass is 9.81. The number of aryl methyl sites for hydroxylation is 3. The van der Waals surface area contributed by atoms with Gasteiger partial charge in [-0.2, -0.15) is 0 Å². The van der Waals surface area contributed by atoms with Crippen molar-refractivity contribution in [1.82, 2.24) is 16.0 Å². The fourth-order valence-corrected chi connectivity index (χ4v) is 4.02. The summed E-state index contributed by atoms with van der Waals surface area (Å²) in [4.78, 5) is 38.2. The molecule has 2 aromatic rings. The smallest absolute Gasteiger partial charge is 0.229 e. The molecule has 2 saturated heterocycles. The second-order valence-electron chi connectivity index (χ2n) is 8.29. The van der Waals surface area contributed by atoms with Crippen molar-refractivity contribution in [3.8, 4) is 0 Å². The normalized spacial score (nSPS) is 25.1. The van der Waals surface area contributed by atoms with Gasteiger partial charge < -0.3 is 21.3 Å². The van der Waals surface area contributed by atoms with Crippen molar-refractivity contribution in [2.24, 2.45) is 11.8 Å². The fourth-order valence-electron chi connectivity index (χ4n) is 4.02. The summed E-state index contributed by atoms with van der Waals surface area (Å²) in [7, 11) is 0. The molecular formula is C23H27N5O3. The van der Waals surface area contributed by atoms with Crippen LogP contribution in [0.3, 0.4) is 0 Å². The van der Waals surface area contributed by atoms with Crippen molar-refractivity contribution in [1.29, 1.82) is 0 Å². The van der Waals surface area contributed by atoms with E-state index in [1.54, 1.807) is 0 Å². The van der Waals surface area contributed by atoms with Crippen LogP contribution < -0.4 is 26.6 Å². The van der Waals surface area contributed by atoms with E-state index >= 15 is 0 Å². The summed E-state index contributed by atoms with van der Waals surface area (Å²) in [5.41, 5.74) is 4.78. The lowest BCUT2D eigenvalue weighted by Gasteiger charge is -2.43. The Morgan fingerprint density at radius 2 is 1.65 bits per heavy atom. The molecule has 0 bridgehead atoms. The summed E-state index contributed by atoms with van der Waals surface area (Å²) in [6.45, 7) is 5.96. The van der Waals surface area contributed by atoms with E-state index in [-0.39, 0.29) is 24.1 Å². The van der Waals surface area contributed by atoms with Crippen LogP contribution in [0.25, 0.3) is 0 Å². The number of anilines is 2. The summed E-state index contributed by atoms with van der Waals surface area (Å²) in [6.07, 6.45) is -1.25. The van der Waals surface area contributed by atoms with Crippen molar-refractivity contribution < 1.29 is 14.4 Å². The second kappa shape index (κ2) is 8.39. The van der Waals surface area contributed by atoms with Crippen LogP contribution in [0.1, 0.15) is 23.1 Å². The maximum absolute atomic E-state index is 13.0. The predicted molar refractivity (Wildman–Crippen MR) is 118 cm³/mol. The maximum Gasteiger partial charge on any atom is 0.229 e. The fraction of sp³-hybridized carbons (Fsp3) is 0.348. The van der Waals surface area contributed by atoms with Gasteiger partial charge in [-0.3, -0.25) is 19.7 Å². The van der Waals surface area contributed by atoms with Crippen LogP contribution in [0.2, 0.25) is 0 Å². The molecule has 2 aromatic carbocycles. The molecule has 4 atom stereocenters. The zero-order valence-electron chi connectivity index (χ0n) is 17.8. The third-order valence-corrected chi connectivity index (χ3v) is 5.92. The van der Waals surface area contributed by atoms with Gasteiger partial charge in [-0.15, -0.1) is 0 Å². The average Bonchev–Trinajstić information content (AvgIpc) is 2.71. The van der Waals surface area contributed by atoms with Gasteiger partial charge in [0.15, 0.2) is 6.29 Å². The molecule has 2 aliphatic rings. The van der Waals surface area contributed by atoms with Gasteiger partial charge in [0.1, 0.15) is 0 Å². The molecule has 2 aliphatic heterocycles. The van der Waals surface area contributed by atoms with Crippen molar-refractivity contribution >= 4 is 29.1 Å². The molecule has 3 amide bonds. The lowest BCUT2D eigenvalue weighted by molar-refractivity contribution is -0.144. The Balaban J connectivity index is 1.48. The molecule has 8 heteroatoms. The number of rotatable bonds is 4.